The first-order chi connectivity index (χ1) is 10.0. The lowest BCUT2D eigenvalue weighted by molar-refractivity contribution is 0.470. The molecule has 7 nitrogen and oxygen atoms in total. The van der Waals surface area contributed by atoms with E-state index >= 15 is 0 Å². The van der Waals surface area contributed by atoms with Crippen molar-refractivity contribution in [2.24, 2.45) is 7.05 Å². The SMILES string of the molecule is Cc1cc(C)n(CCc2nnc(-c3nn(C)cc3Br)o2)n1. The van der Waals surface area contributed by atoms with E-state index in [1.807, 2.05) is 37.8 Å². The number of hydrogen-bond donors (Lipinski definition) is 0. The quantitative estimate of drug-likeness (QED) is 0.721. The maximum Gasteiger partial charge on any atom is 0.269 e. The monoisotopic (exact) mass is 350 g/mol. The van der Waals surface area contributed by atoms with Gasteiger partial charge in [-0.1, -0.05) is 0 Å². The number of nitrogens with zero attached hydrogens (tertiary/aromatic N) is 6. The average Bonchev–Trinajstić information content (AvgIpc) is 3.07. The van der Waals surface area contributed by atoms with Crippen LogP contribution in [0.3, 0.4) is 0 Å². The Labute approximate surface area is 130 Å². The van der Waals surface area contributed by atoms with Crippen molar-refractivity contribution in [1.29, 1.82) is 0 Å². The molecule has 110 valence electrons. The van der Waals surface area contributed by atoms with Crippen molar-refractivity contribution in [2.75, 3.05) is 0 Å². The first-order valence-corrected chi connectivity index (χ1v) is 7.35. The third-order valence-corrected chi connectivity index (χ3v) is 3.67. The van der Waals surface area contributed by atoms with Crippen LogP contribution in [0, 0.1) is 13.8 Å². The minimum Gasteiger partial charge on any atom is -0.419 e. The Morgan fingerprint density at radius 3 is 2.67 bits per heavy atom. The summed E-state index contributed by atoms with van der Waals surface area (Å²) in [5.74, 6) is 1.00. The molecule has 0 fully saturated rings. The summed E-state index contributed by atoms with van der Waals surface area (Å²) in [4.78, 5) is 0. The fraction of sp³-hybridized carbons (Fsp3) is 0.385. The highest BCUT2D eigenvalue weighted by Gasteiger charge is 2.15. The molecule has 3 aromatic heterocycles. The van der Waals surface area contributed by atoms with Crippen molar-refractivity contribution < 1.29 is 4.42 Å². The predicted molar refractivity (Wildman–Crippen MR) is 79.6 cm³/mol. The number of aryl methyl sites for hydroxylation is 5. The molecule has 3 aromatic rings. The Bertz CT molecular complexity index is 772. The summed E-state index contributed by atoms with van der Waals surface area (Å²) in [6, 6.07) is 2.05. The largest absolute Gasteiger partial charge is 0.419 e. The zero-order valence-corrected chi connectivity index (χ0v) is 13.6. The molecule has 0 aliphatic heterocycles. The topological polar surface area (TPSA) is 74.6 Å². The molecule has 3 heterocycles. The minimum atomic E-state index is 0.422. The fourth-order valence-electron chi connectivity index (χ4n) is 2.16. The summed E-state index contributed by atoms with van der Waals surface area (Å²) in [6.45, 7) is 4.72. The van der Waals surface area contributed by atoms with Crippen LogP contribution >= 0.6 is 15.9 Å². The second kappa shape index (κ2) is 5.44. The lowest BCUT2D eigenvalue weighted by Crippen LogP contribution is -2.05. The first-order valence-electron chi connectivity index (χ1n) is 6.56. The van der Waals surface area contributed by atoms with E-state index in [4.69, 9.17) is 4.42 Å². The molecular weight excluding hydrogens is 336 g/mol. The summed E-state index contributed by atoms with van der Waals surface area (Å²) in [7, 11) is 1.84. The Kier molecular flexibility index (Phi) is 3.62. The third kappa shape index (κ3) is 2.90. The molecule has 3 rings (SSSR count). The van der Waals surface area contributed by atoms with Crippen LogP contribution in [0.15, 0.2) is 21.2 Å². The van der Waals surface area contributed by atoms with Crippen molar-refractivity contribution in [1.82, 2.24) is 29.8 Å². The summed E-state index contributed by atoms with van der Waals surface area (Å²) < 4.78 is 10.1. The Balaban J connectivity index is 1.73. The van der Waals surface area contributed by atoms with Gasteiger partial charge in [-0.3, -0.25) is 9.36 Å². The molecule has 0 saturated carbocycles. The maximum absolute atomic E-state index is 5.66. The van der Waals surface area contributed by atoms with Crippen molar-refractivity contribution >= 4 is 15.9 Å². The molecule has 8 heteroatoms. The zero-order valence-electron chi connectivity index (χ0n) is 12.0. The Hall–Kier alpha value is -1.96. The van der Waals surface area contributed by atoms with E-state index in [1.54, 1.807) is 4.68 Å². The van der Waals surface area contributed by atoms with Gasteiger partial charge in [-0.15, -0.1) is 10.2 Å². The molecule has 0 unspecified atom stereocenters. The molecule has 0 saturated heterocycles. The molecular formula is C13H15BrN6O. The lowest BCUT2D eigenvalue weighted by Gasteiger charge is -2.00. The number of hydrogen-bond acceptors (Lipinski definition) is 5. The average molecular weight is 351 g/mol. The molecule has 0 N–H and O–H groups in total. The van der Waals surface area contributed by atoms with Crippen LogP contribution in [-0.2, 0) is 20.0 Å². The van der Waals surface area contributed by atoms with E-state index in [1.165, 1.54) is 0 Å². The van der Waals surface area contributed by atoms with E-state index in [0.717, 1.165) is 15.9 Å². The van der Waals surface area contributed by atoms with Crippen LogP contribution in [0.4, 0.5) is 0 Å². The molecule has 0 radical (unpaired) electrons. The number of rotatable bonds is 4. The van der Waals surface area contributed by atoms with Gasteiger partial charge in [0.1, 0.15) is 0 Å². The second-order valence-electron chi connectivity index (χ2n) is 4.90. The number of aromatic nitrogens is 6. The molecule has 0 spiro atoms. The maximum atomic E-state index is 5.66. The van der Waals surface area contributed by atoms with E-state index in [-0.39, 0.29) is 0 Å². The molecule has 0 amide bonds. The predicted octanol–water partition coefficient (Wildman–Crippen LogP) is 2.29. The normalized spacial score (nSPS) is 11.2. The molecule has 0 atom stereocenters. The van der Waals surface area contributed by atoms with Crippen molar-refractivity contribution in [3.63, 3.8) is 0 Å². The Morgan fingerprint density at radius 1 is 1.24 bits per heavy atom. The van der Waals surface area contributed by atoms with Crippen LogP contribution < -0.4 is 0 Å². The van der Waals surface area contributed by atoms with Crippen LogP contribution in [0.25, 0.3) is 11.6 Å². The molecule has 0 aliphatic rings. The zero-order chi connectivity index (χ0) is 15.0. The second-order valence-corrected chi connectivity index (χ2v) is 5.75. The van der Waals surface area contributed by atoms with Gasteiger partial charge in [0, 0.05) is 31.9 Å². The molecule has 0 aliphatic carbocycles. The van der Waals surface area contributed by atoms with Gasteiger partial charge in [-0.2, -0.15) is 10.2 Å². The van der Waals surface area contributed by atoms with Crippen LogP contribution in [0.5, 0.6) is 0 Å². The van der Waals surface area contributed by atoms with Gasteiger partial charge in [-0.25, -0.2) is 0 Å². The van der Waals surface area contributed by atoms with Crippen molar-refractivity contribution in [3.05, 3.63) is 34.0 Å². The first kappa shape index (κ1) is 14.0. The van der Waals surface area contributed by atoms with Crippen LogP contribution in [-0.4, -0.2) is 29.8 Å². The summed E-state index contributed by atoms with van der Waals surface area (Å²) >= 11 is 3.43. The van der Waals surface area contributed by atoms with Crippen molar-refractivity contribution in [3.8, 4) is 11.6 Å². The van der Waals surface area contributed by atoms with E-state index in [0.29, 0.717) is 30.4 Å². The lowest BCUT2D eigenvalue weighted by atomic mass is 10.4. The summed E-state index contributed by atoms with van der Waals surface area (Å²) in [5.41, 5.74) is 2.79. The summed E-state index contributed by atoms with van der Waals surface area (Å²) in [5, 5.41) is 16.8. The highest BCUT2D eigenvalue weighted by Crippen LogP contribution is 2.25. The van der Waals surface area contributed by atoms with Gasteiger partial charge in [0.15, 0.2) is 5.69 Å². The fourth-order valence-corrected chi connectivity index (χ4v) is 2.70. The van der Waals surface area contributed by atoms with Crippen LogP contribution in [0.1, 0.15) is 17.3 Å². The van der Waals surface area contributed by atoms with Gasteiger partial charge in [0.2, 0.25) is 5.89 Å². The van der Waals surface area contributed by atoms with E-state index in [9.17, 15) is 0 Å². The molecule has 0 bridgehead atoms. The standard InChI is InChI=1S/C13H15BrN6O/c1-8-6-9(2)20(17-8)5-4-11-15-16-13(21-11)12-10(14)7-19(3)18-12/h6-7H,4-5H2,1-3H3. The van der Waals surface area contributed by atoms with Crippen LogP contribution in [0.2, 0.25) is 0 Å². The number of halogens is 1. The highest BCUT2D eigenvalue weighted by molar-refractivity contribution is 9.10. The van der Waals surface area contributed by atoms with Gasteiger partial charge in [0.05, 0.1) is 10.2 Å². The molecule has 0 aromatic carbocycles. The van der Waals surface area contributed by atoms with Crippen molar-refractivity contribution in [2.45, 2.75) is 26.8 Å². The third-order valence-electron chi connectivity index (χ3n) is 3.09. The minimum absolute atomic E-state index is 0.422. The smallest absolute Gasteiger partial charge is 0.269 e. The van der Waals surface area contributed by atoms with Gasteiger partial charge in [0.25, 0.3) is 5.89 Å². The van der Waals surface area contributed by atoms with Gasteiger partial charge < -0.3 is 4.42 Å². The molecule has 21 heavy (non-hydrogen) atoms. The van der Waals surface area contributed by atoms with Gasteiger partial charge >= 0.3 is 0 Å². The summed E-state index contributed by atoms with van der Waals surface area (Å²) in [6.07, 6.45) is 2.48. The highest BCUT2D eigenvalue weighted by atomic mass is 79.9. The van der Waals surface area contributed by atoms with Gasteiger partial charge in [-0.05, 0) is 35.8 Å². The van der Waals surface area contributed by atoms with E-state index in [2.05, 4.69) is 36.3 Å². The van der Waals surface area contributed by atoms with E-state index < -0.39 is 0 Å². The Morgan fingerprint density at radius 2 is 2.05 bits per heavy atom.